The van der Waals surface area contributed by atoms with Crippen molar-refractivity contribution in [2.24, 2.45) is 29.1 Å². The van der Waals surface area contributed by atoms with Gasteiger partial charge in [0.05, 0.1) is 17.8 Å². The van der Waals surface area contributed by atoms with Gasteiger partial charge in [-0.3, -0.25) is 14.4 Å². The standard InChI is InChI=1S/C22H38O6/c1-7-22(5,6)12-18(14(2)3)20(25)27-13-15(4)28-21(26)17-11-9-8-10-16(17)19(23)24/h14-18H,7-13H2,1-6H3,(H,23,24). The van der Waals surface area contributed by atoms with Crippen molar-refractivity contribution in [2.75, 3.05) is 6.61 Å². The smallest absolute Gasteiger partial charge is 0.310 e. The molecule has 1 aliphatic rings. The van der Waals surface area contributed by atoms with Gasteiger partial charge in [0.1, 0.15) is 12.7 Å². The Bertz CT molecular complexity index is 539. The first-order valence-corrected chi connectivity index (χ1v) is 10.6. The molecule has 0 aromatic rings. The van der Waals surface area contributed by atoms with Gasteiger partial charge < -0.3 is 14.6 Å². The molecule has 0 aromatic heterocycles. The fraction of sp³-hybridized carbons (Fsp3) is 0.864. The van der Waals surface area contributed by atoms with Crippen LogP contribution in [0.25, 0.3) is 0 Å². The summed E-state index contributed by atoms with van der Waals surface area (Å²) in [5, 5.41) is 9.32. The van der Waals surface area contributed by atoms with Crippen LogP contribution in [0, 0.1) is 29.1 Å². The lowest BCUT2D eigenvalue weighted by atomic mass is 9.77. The number of rotatable bonds is 10. The number of aliphatic carboxylic acids is 1. The van der Waals surface area contributed by atoms with Crippen LogP contribution >= 0.6 is 0 Å². The fourth-order valence-corrected chi connectivity index (χ4v) is 3.67. The van der Waals surface area contributed by atoms with E-state index in [9.17, 15) is 19.5 Å². The largest absolute Gasteiger partial charge is 0.481 e. The van der Waals surface area contributed by atoms with E-state index in [1.54, 1.807) is 6.92 Å². The summed E-state index contributed by atoms with van der Waals surface area (Å²) in [4.78, 5) is 36.4. The van der Waals surface area contributed by atoms with Crippen LogP contribution < -0.4 is 0 Å². The molecule has 0 aromatic carbocycles. The lowest BCUT2D eigenvalue weighted by molar-refractivity contribution is -0.169. The van der Waals surface area contributed by atoms with Crippen LogP contribution in [0.1, 0.15) is 80.1 Å². The summed E-state index contributed by atoms with van der Waals surface area (Å²) in [5.74, 6) is -3.04. The predicted octanol–water partition coefficient (Wildman–Crippen LogP) is 4.45. The highest BCUT2D eigenvalue weighted by molar-refractivity contribution is 5.81. The fourth-order valence-electron chi connectivity index (χ4n) is 3.67. The van der Waals surface area contributed by atoms with Crippen LogP contribution in [0.15, 0.2) is 0 Å². The van der Waals surface area contributed by atoms with Crippen molar-refractivity contribution in [3.8, 4) is 0 Å². The Labute approximate surface area is 169 Å². The first-order valence-electron chi connectivity index (χ1n) is 10.6. The molecule has 1 rings (SSSR count). The molecule has 0 radical (unpaired) electrons. The Balaban J connectivity index is 2.57. The molecule has 6 heteroatoms. The Kier molecular flexibility index (Phi) is 9.45. The number of hydrogen-bond donors (Lipinski definition) is 1. The number of carboxylic acids is 1. The molecule has 4 atom stereocenters. The van der Waals surface area contributed by atoms with E-state index in [2.05, 4.69) is 20.8 Å². The van der Waals surface area contributed by atoms with Crippen LogP contribution in [-0.4, -0.2) is 35.7 Å². The van der Waals surface area contributed by atoms with E-state index >= 15 is 0 Å². The zero-order chi connectivity index (χ0) is 21.5. The van der Waals surface area contributed by atoms with Gasteiger partial charge in [-0.05, 0) is 37.5 Å². The van der Waals surface area contributed by atoms with Gasteiger partial charge in [-0.2, -0.15) is 0 Å². The number of esters is 2. The molecule has 1 aliphatic carbocycles. The number of hydrogen-bond acceptors (Lipinski definition) is 5. The SMILES string of the molecule is CCC(C)(C)CC(C(=O)OCC(C)OC(=O)C1CCCCC1C(=O)O)C(C)C. The summed E-state index contributed by atoms with van der Waals surface area (Å²) >= 11 is 0. The second-order valence-electron chi connectivity index (χ2n) is 9.29. The molecule has 4 unspecified atom stereocenters. The van der Waals surface area contributed by atoms with Gasteiger partial charge >= 0.3 is 17.9 Å². The molecule has 0 aliphatic heterocycles. The normalized spacial score (nSPS) is 22.4. The second kappa shape index (κ2) is 10.8. The van der Waals surface area contributed by atoms with E-state index in [-0.39, 0.29) is 29.8 Å². The Morgan fingerprint density at radius 3 is 2.14 bits per heavy atom. The molecule has 0 bridgehead atoms. The number of ether oxygens (including phenoxy) is 2. The lowest BCUT2D eigenvalue weighted by Crippen LogP contribution is -2.36. The van der Waals surface area contributed by atoms with Crippen LogP contribution in [0.2, 0.25) is 0 Å². The molecule has 6 nitrogen and oxygen atoms in total. The maximum absolute atomic E-state index is 12.6. The van der Waals surface area contributed by atoms with Gasteiger partial charge in [-0.25, -0.2) is 0 Å². The van der Waals surface area contributed by atoms with E-state index < -0.39 is 29.9 Å². The van der Waals surface area contributed by atoms with Crippen LogP contribution in [0.3, 0.4) is 0 Å². The predicted molar refractivity (Wildman–Crippen MR) is 107 cm³/mol. The van der Waals surface area contributed by atoms with Gasteiger partial charge in [0.15, 0.2) is 0 Å². The molecule has 28 heavy (non-hydrogen) atoms. The molecule has 0 heterocycles. The van der Waals surface area contributed by atoms with E-state index in [1.807, 2.05) is 13.8 Å². The molecule has 1 fully saturated rings. The van der Waals surface area contributed by atoms with Crippen molar-refractivity contribution >= 4 is 17.9 Å². The van der Waals surface area contributed by atoms with Crippen molar-refractivity contribution in [1.29, 1.82) is 0 Å². The van der Waals surface area contributed by atoms with Crippen molar-refractivity contribution in [1.82, 2.24) is 0 Å². The number of carboxylic acid groups (broad SMARTS) is 1. The third kappa shape index (κ3) is 7.44. The van der Waals surface area contributed by atoms with E-state index in [0.29, 0.717) is 12.8 Å². The summed E-state index contributed by atoms with van der Waals surface area (Å²) in [6, 6.07) is 0. The monoisotopic (exact) mass is 398 g/mol. The van der Waals surface area contributed by atoms with E-state index in [1.165, 1.54) is 0 Å². The first-order chi connectivity index (χ1) is 13.0. The molecular weight excluding hydrogens is 360 g/mol. The number of carbonyl (C=O) groups excluding carboxylic acids is 2. The first kappa shape index (κ1) is 24.4. The third-order valence-electron chi connectivity index (χ3n) is 6.00. The van der Waals surface area contributed by atoms with Gasteiger partial charge in [0, 0.05) is 0 Å². The Morgan fingerprint density at radius 2 is 1.64 bits per heavy atom. The molecule has 1 N–H and O–H groups in total. The molecule has 1 saturated carbocycles. The molecule has 0 saturated heterocycles. The molecule has 0 spiro atoms. The highest BCUT2D eigenvalue weighted by atomic mass is 16.6. The minimum Gasteiger partial charge on any atom is -0.481 e. The van der Waals surface area contributed by atoms with E-state index in [0.717, 1.165) is 25.7 Å². The van der Waals surface area contributed by atoms with Crippen LogP contribution in [0.5, 0.6) is 0 Å². The highest BCUT2D eigenvalue weighted by Gasteiger charge is 2.37. The van der Waals surface area contributed by atoms with Crippen molar-refractivity contribution in [3.05, 3.63) is 0 Å². The topological polar surface area (TPSA) is 89.9 Å². The summed E-state index contributed by atoms with van der Waals surface area (Å²) in [6.45, 7) is 12.1. The summed E-state index contributed by atoms with van der Waals surface area (Å²) in [6.07, 6.45) is 3.81. The lowest BCUT2D eigenvalue weighted by Gasteiger charge is -2.30. The summed E-state index contributed by atoms with van der Waals surface area (Å²) < 4.78 is 10.9. The zero-order valence-corrected chi connectivity index (χ0v) is 18.3. The van der Waals surface area contributed by atoms with Crippen molar-refractivity contribution in [3.63, 3.8) is 0 Å². The maximum atomic E-state index is 12.6. The minimum absolute atomic E-state index is 0.00912. The minimum atomic E-state index is -0.945. The Hall–Kier alpha value is -1.59. The van der Waals surface area contributed by atoms with Crippen LogP contribution in [-0.2, 0) is 23.9 Å². The summed E-state index contributed by atoms with van der Waals surface area (Å²) in [7, 11) is 0. The second-order valence-corrected chi connectivity index (χ2v) is 9.29. The highest BCUT2D eigenvalue weighted by Crippen LogP contribution is 2.33. The van der Waals surface area contributed by atoms with E-state index in [4.69, 9.17) is 9.47 Å². The van der Waals surface area contributed by atoms with Gasteiger partial charge in [-0.15, -0.1) is 0 Å². The van der Waals surface area contributed by atoms with Gasteiger partial charge in [-0.1, -0.05) is 53.9 Å². The molecular formula is C22H38O6. The maximum Gasteiger partial charge on any atom is 0.310 e. The summed E-state index contributed by atoms with van der Waals surface area (Å²) in [5.41, 5.74) is 0.0544. The van der Waals surface area contributed by atoms with Gasteiger partial charge in [0.25, 0.3) is 0 Å². The average molecular weight is 399 g/mol. The average Bonchev–Trinajstić information content (AvgIpc) is 2.63. The third-order valence-corrected chi connectivity index (χ3v) is 6.00. The zero-order valence-electron chi connectivity index (χ0n) is 18.3. The van der Waals surface area contributed by atoms with Crippen LogP contribution in [0.4, 0.5) is 0 Å². The Morgan fingerprint density at radius 1 is 1.07 bits per heavy atom. The van der Waals surface area contributed by atoms with Crippen molar-refractivity contribution in [2.45, 2.75) is 86.2 Å². The quantitative estimate of drug-likeness (QED) is 0.547. The van der Waals surface area contributed by atoms with Gasteiger partial charge in [0.2, 0.25) is 0 Å². The molecule has 0 amide bonds. The molecule has 162 valence electrons. The number of carbonyl (C=O) groups is 3. The van der Waals surface area contributed by atoms with Crippen molar-refractivity contribution < 1.29 is 29.0 Å².